The van der Waals surface area contributed by atoms with Crippen LogP contribution in [0.25, 0.3) is 10.9 Å². The number of hydrogen-bond donors (Lipinski definition) is 1. The van der Waals surface area contributed by atoms with Gasteiger partial charge in [-0.25, -0.2) is 0 Å². The average Bonchev–Trinajstić information content (AvgIpc) is 2.55. The molecule has 1 amide bonds. The molecule has 1 unspecified atom stereocenters. The van der Waals surface area contributed by atoms with Crippen molar-refractivity contribution in [1.29, 1.82) is 0 Å². The number of carbonyl (C=O) groups is 1. The quantitative estimate of drug-likeness (QED) is 0.596. The van der Waals surface area contributed by atoms with Gasteiger partial charge in [0.1, 0.15) is 0 Å². The Hall–Kier alpha value is -2.88. The van der Waals surface area contributed by atoms with Crippen LogP contribution < -0.4 is 10.0 Å². The molecule has 0 spiro atoms. The number of benzene rings is 2. The van der Waals surface area contributed by atoms with Gasteiger partial charge in [0, 0.05) is 17.7 Å². The van der Waals surface area contributed by atoms with Crippen LogP contribution >= 0.6 is 0 Å². The standard InChI is InChI=1S/C19H18N2O2/c1-13-7-3-4-8-15(13)19(22)20-14(2)16-11-12-21(23)18-10-6-5-9-17(16)18/h3-12,14H,1-2H3,(H,20,22). The summed E-state index contributed by atoms with van der Waals surface area (Å²) in [5.74, 6) is -0.112. The molecular formula is C19H18N2O2. The van der Waals surface area contributed by atoms with Crippen molar-refractivity contribution in [2.75, 3.05) is 0 Å². The zero-order valence-corrected chi connectivity index (χ0v) is 13.1. The second-order valence-corrected chi connectivity index (χ2v) is 5.62. The molecule has 3 rings (SSSR count). The smallest absolute Gasteiger partial charge is 0.252 e. The molecule has 1 atom stereocenters. The van der Waals surface area contributed by atoms with Crippen molar-refractivity contribution in [3.63, 3.8) is 0 Å². The Morgan fingerprint density at radius 2 is 1.78 bits per heavy atom. The maximum absolute atomic E-state index is 12.5. The second-order valence-electron chi connectivity index (χ2n) is 5.62. The SMILES string of the molecule is Cc1ccccc1C(=O)NC(C)c1cc[n+]([O-])c2ccccc12. The minimum Gasteiger partial charge on any atom is -0.618 e. The van der Waals surface area contributed by atoms with Gasteiger partial charge in [0.2, 0.25) is 5.52 Å². The number of amides is 1. The van der Waals surface area contributed by atoms with E-state index in [2.05, 4.69) is 5.32 Å². The van der Waals surface area contributed by atoms with Crippen LogP contribution in [0.15, 0.2) is 60.8 Å². The normalized spacial score (nSPS) is 12.1. The second kappa shape index (κ2) is 6.08. The van der Waals surface area contributed by atoms with Crippen molar-refractivity contribution in [2.24, 2.45) is 0 Å². The van der Waals surface area contributed by atoms with E-state index in [0.29, 0.717) is 11.1 Å². The Balaban J connectivity index is 1.93. The molecule has 0 aliphatic heterocycles. The number of rotatable bonds is 3. The zero-order valence-electron chi connectivity index (χ0n) is 13.1. The summed E-state index contributed by atoms with van der Waals surface area (Å²) >= 11 is 0. The largest absolute Gasteiger partial charge is 0.618 e. The molecule has 1 aromatic heterocycles. The lowest BCUT2D eigenvalue weighted by atomic mass is 10.0. The van der Waals surface area contributed by atoms with Crippen LogP contribution in [-0.2, 0) is 0 Å². The van der Waals surface area contributed by atoms with E-state index >= 15 is 0 Å². The molecule has 1 heterocycles. The van der Waals surface area contributed by atoms with Gasteiger partial charge < -0.3 is 10.5 Å². The van der Waals surface area contributed by atoms with Crippen LogP contribution in [0.4, 0.5) is 0 Å². The third-order valence-electron chi connectivity index (χ3n) is 4.05. The Kier molecular flexibility index (Phi) is 3.98. The summed E-state index contributed by atoms with van der Waals surface area (Å²) in [6, 6.07) is 16.4. The molecule has 116 valence electrons. The predicted octanol–water partition coefficient (Wildman–Crippen LogP) is 3.27. The summed E-state index contributed by atoms with van der Waals surface area (Å²) in [6.07, 6.45) is 1.48. The summed E-state index contributed by atoms with van der Waals surface area (Å²) in [7, 11) is 0. The summed E-state index contributed by atoms with van der Waals surface area (Å²) in [5.41, 5.74) is 3.13. The van der Waals surface area contributed by atoms with Gasteiger partial charge in [0.25, 0.3) is 5.91 Å². The first-order chi connectivity index (χ1) is 11.1. The van der Waals surface area contributed by atoms with Gasteiger partial charge in [-0.3, -0.25) is 4.79 Å². The third kappa shape index (κ3) is 2.88. The number of carbonyl (C=O) groups excluding carboxylic acids is 1. The molecule has 23 heavy (non-hydrogen) atoms. The number of hydrogen-bond acceptors (Lipinski definition) is 2. The highest BCUT2D eigenvalue weighted by Crippen LogP contribution is 2.22. The van der Waals surface area contributed by atoms with E-state index in [-0.39, 0.29) is 11.9 Å². The number of aromatic nitrogens is 1. The van der Waals surface area contributed by atoms with Crippen LogP contribution in [0.5, 0.6) is 0 Å². The van der Waals surface area contributed by atoms with Gasteiger partial charge in [-0.15, -0.1) is 0 Å². The van der Waals surface area contributed by atoms with Crippen molar-refractivity contribution in [2.45, 2.75) is 19.9 Å². The average molecular weight is 306 g/mol. The van der Waals surface area contributed by atoms with Gasteiger partial charge in [0.05, 0.1) is 11.4 Å². The molecule has 4 heteroatoms. The fraction of sp³-hybridized carbons (Fsp3) is 0.158. The molecule has 3 aromatic rings. The predicted molar refractivity (Wildman–Crippen MR) is 90.0 cm³/mol. The first-order valence-corrected chi connectivity index (χ1v) is 7.55. The number of para-hydroxylation sites is 1. The summed E-state index contributed by atoms with van der Waals surface area (Å²) in [4.78, 5) is 12.5. The number of fused-ring (bicyclic) bond motifs is 1. The van der Waals surface area contributed by atoms with Crippen LogP contribution in [0.3, 0.4) is 0 Å². The molecule has 0 aliphatic rings. The van der Waals surface area contributed by atoms with Gasteiger partial charge in [-0.05, 0) is 37.1 Å². The molecule has 0 fully saturated rings. The van der Waals surface area contributed by atoms with E-state index in [1.54, 1.807) is 12.1 Å². The van der Waals surface area contributed by atoms with E-state index < -0.39 is 0 Å². The minimum absolute atomic E-state index is 0.112. The van der Waals surface area contributed by atoms with Crippen molar-refractivity contribution in [1.82, 2.24) is 5.32 Å². The van der Waals surface area contributed by atoms with E-state index in [1.807, 2.05) is 56.3 Å². The highest BCUT2D eigenvalue weighted by molar-refractivity contribution is 5.96. The van der Waals surface area contributed by atoms with Gasteiger partial charge in [-0.1, -0.05) is 30.3 Å². The molecule has 0 radical (unpaired) electrons. The van der Waals surface area contributed by atoms with Crippen molar-refractivity contribution >= 4 is 16.8 Å². The molecule has 0 bridgehead atoms. The van der Waals surface area contributed by atoms with Crippen LogP contribution in [0, 0.1) is 12.1 Å². The highest BCUT2D eigenvalue weighted by atomic mass is 16.5. The minimum atomic E-state index is -0.201. The number of pyridine rings is 1. The van der Waals surface area contributed by atoms with Gasteiger partial charge in [-0.2, -0.15) is 4.73 Å². The van der Waals surface area contributed by atoms with Gasteiger partial charge >= 0.3 is 0 Å². The Morgan fingerprint density at radius 1 is 1.09 bits per heavy atom. The Morgan fingerprint density at radius 3 is 2.57 bits per heavy atom. The van der Waals surface area contributed by atoms with E-state index in [1.165, 1.54) is 6.20 Å². The van der Waals surface area contributed by atoms with Crippen molar-refractivity contribution in [3.05, 3.63) is 82.7 Å². The van der Waals surface area contributed by atoms with E-state index in [0.717, 1.165) is 21.2 Å². The molecular weight excluding hydrogens is 288 g/mol. The maximum atomic E-state index is 12.5. The Labute approximate surface area is 135 Å². The summed E-state index contributed by atoms with van der Waals surface area (Å²) in [6.45, 7) is 3.84. The van der Waals surface area contributed by atoms with Crippen LogP contribution in [-0.4, -0.2) is 5.91 Å². The van der Waals surface area contributed by atoms with Gasteiger partial charge in [0.15, 0.2) is 6.20 Å². The summed E-state index contributed by atoms with van der Waals surface area (Å²) in [5, 5.41) is 15.7. The van der Waals surface area contributed by atoms with Crippen LogP contribution in [0.1, 0.15) is 34.5 Å². The molecule has 0 saturated carbocycles. The molecule has 1 N–H and O–H groups in total. The molecule has 4 nitrogen and oxygen atoms in total. The number of nitrogens with zero attached hydrogens (tertiary/aromatic N) is 1. The number of nitrogens with one attached hydrogen (secondary N) is 1. The molecule has 2 aromatic carbocycles. The topological polar surface area (TPSA) is 56.0 Å². The zero-order chi connectivity index (χ0) is 16.4. The highest BCUT2D eigenvalue weighted by Gasteiger charge is 2.17. The fourth-order valence-electron chi connectivity index (χ4n) is 2.79. The third-order valence-corrected chi connectivity index (χ3v) is 4.05. The Bertz CT molecular complexity index is 874. The first-order valence-electron chi connectivity index (χ1n) is 7.55. The molecule has 0 aliphatic carbocycles. The van der Waals surface area contributed by atoms with E-state index in [4.69, 9.17) is 0 Å². The lowest BCUT2D eigenvalue weighted by molar-refractivity contribution is -0.577. The first kappa shape index (κ1) is 15.0. The maximum Gasteiger partial charge on any atom is 0.252 e. The lowest BCUT2D eigenvalue weighted by Crippen LogP contribution is -2.30. The van der Waals surface area contributed by atoms with Crippen molar-refractivity contribution < 1.29 is 9.52 Å². The number of aryl methyl sites for hydroxylation is 1. The van der Waals surface area contributed by atoms with Crippen LogP contribution in [0.2, 0.25) is 0 Å². The lowest BCUT2D eigenvalue weighted by Gasteiger charge is -2.17. The van der Waals surface area contributed by atoms with E-state index in [9.17, 15) is 10.0 Å². The monoisotopic (exact) mass is 306 g/mol. The fourth-order valence-corrected chi connectivity index (χ4v) is 2.79. The molecule has 0 saturated heterocycles. The summed E-state index contributed by atoms with van der Waals surface area (Å²) < 4.78 is 0.842. The van der Waals surface area contributed by atoms with Crippen molar-refractivity contribution in [3.8, 4) is 0 Å².